The highest BCUT2D eigenvalue weighted by atomic mass is 16.6. The predicted octanol–water partition coefficient (Wildman–Crippen LogP) is 1.30. The van der Waals surface area contributed by atoms with E-state index in [1.807, 2.05) is 13.8 Å². The summed E-state index contributed by atoms with van der Waals surface area (Å²) in [6.07, 6.45) is 1.57. The van der Waals surface area contributed by atoms with Gasteiger partial charge in [-0.2, -0.15) is 0 Å². The molecule has 1 rings (SSSR count). The molecule has 98 valence electrons. The SMILES string of the molecule is CCC(C)C(=O)OCCCOC1CCOC1=O. The van der Waals surface area contributed by atoms with Crippen LogP contribution in [-0.4, -0.2) is 37.9 Å². The highest BCUT2D eigenvalue weighted by Crippen LogP contribution is 2.10. The zero-order valence-electron chi connectivity index (χ0n) is 10.4. The van der Waals surface area contributed by atoms with Crippen molar-refractivity contribution in [2.75, 3.05) is 19.8 Å². The zero-order chi connectivity index (χ0) is 12.7. The molecule has 0 spiro atoms. The number of hydrogen-bond donors (Lipinski definition) is 0. The number of esters is 2. The molecule has 17 heavy (non-hydrogen) atoms. The van der Waals surface area contributed by atoms with E-state index in [1.165, 1.54) is 0 Å². The largest absolute Gasteiger partial charge is 0.465 e. The Morgan fingerprint density at radius 1 is 1.53 bits per heavy atom. The number of rotatable bonds is 7. The number of hydrogen-bond acceptors (Lipinski definition) is 5. The average molecular weight is 244 g/mol. The lowest BCUT2D eigenvalue weighted by Crippen LogP contribution is -2.20. The van der Waals surface area contributed by atoms with E-state index in [2.05, 4.69) is 0 Å². The van der Waals surface area contributed by atoms with Crippen LogP contribution in [-0.2, 0) is 23.8 Å². The van der Waals surface area contributed by atoms with Gasteiger partial charge in [-0.3, -0.25) is 4.79 Å². The summed E-state index contributed by atoms with van der Waals surface area (Å²) in [5.41, 5.74) is 0. The molecule has 0 radical (unpaired) electrons. The van der Waals surface area contributed by atoms with Gasteiger partial charge in [-0.05, 0) is 6.42 Å². The van der Waals surface area contributed by atoms with Crippen LogP contribution >= 0.6 is 0 Å². The Balaban J connectivity index is 2.01. The molecule has 5 nitrogen and oxygen atoms in total. The van der Waals surface area contributed by atoms with E-state index < -0.39 is 6.10 Å². The first-order valence-electron chi connectivity index (χ1n) is 6.10. The Hall–Kier alpha value is -1.10. The van der Waals surface area contributed by atoms with Gasteiger partial charge in [-0.1, -0.05) is 13.8 Å². The van der Waals surface area contributed by atoms with E-state index in [0.29, 0.717) is 32.7 Å². The van der Waals surface area contributed by atoms with Crippen LogP contribution in [0.5, 0.6) is 0 Å². The first-order chi connectivity index (χ1) is 8.15. The van der Waals surface area contributed by atoms with E-state index in [9.17, 15) is 9.59 Å². The van der Waals surface area contributed by atoms with Gasteiger partial charge in [0.2, 0.25) is 0 Å². The van der Waals surface area contributed by atoms with Gasteiger partial charge < -0.3 is 14.2 Å². The van der Waals surface area contributed by atoms with E-state index in [4.69, 9.17) is 14.2 Å². The van der Waals surface area contributed by atoms with E-state index in [0.717, 1.165) is 6.42 Å². The molecule has 0 amide bonds. The highest BCUT2D eigenvalue weighted by Gasteiger charge is 2.26. The predicted molar refractivity (Wildman–Crippen MR) is 60.3 cm³/mol. The Kier molecular flexibility index (Phi) is 5.97. The van der Waals surface area contributed by atoms with Crippen LogP contribution < -0.4 is 0 Å². The van der Waals surface area contributed by atoms with Gasteiger partial charge in [0.05, 0.1) is 25.7 Å². The minimum Gasteiger partial charge on any atom is -0.465 e. The molecule has 1 aliphatic rings. The van der Waals surface area contributed by atoms with Crippen molar-refractivity contribution in [2.45, 2.75) is 39.2 Å². The summed E-state index contributed by atoms with van der Waals surface area (Å²) in [4.78, 5) is 22.4. The molecule has 0 N–H and O–H groups in total. The Bertz CT molecular complexity index is 264. The molecule has 2 unspecified atom stereocenters. The Labute approximate surface area is 101 Å². The average Bonchev–Trinajstić information content (AvgIpc) is 2.73. The maximum atomic E-state index is 11.3. The lowest BCUT2D eigenvalue weighted by molar-refractivity contribution is -0.151. The third kappa shape index (κ3) is 4.73. The maximum absolute atomic E-state index is 11.3. The second-order valence-corrected chi connectivity index (χ2v) is 4.15. The molecule has 1 heterocycles. The van der Waals surface area contributed by atoms with Gasteiger partial charge in [-0.25, -0.2) is 4.79 Å². The van der Waals surface area contributed by atoms with Crippen molar-refractivity contribution >= 4 is 11.9 Å². The van der Waals surface area contributed by atoms with Crippen molar-refractivity contribution in [3.63, 3.8) is 0 Å². The fraction of sp³-hybridized carbons (Fsp3) is 0.833. The van der Waals surface area contributed by atoms with Gasteiger partial charge in [0.25, 0.3) is 0 Å². The molecule has 1 fully saturated rings. The molecule has 1 saturated heterocycles. The van der Waals surface area contributed by atoms with Crippen LogP contribution in [0.3, 0.4) is 0 Å². The Morgan fingerprint density at radius 3 is 2.88 bits per heavy atom. The zero-order valence-corrected chi connectivity index (χ0v) is 10.4. The lowest BCUT2D eigenvalue weighted by Gasteiger charge is -2.10. The molecule has 0 bridgehead atoms. The summed E-state index contributed by atoms with van der Waals surface area (Å²) in [6.45, 7) is 4.97. The van der Waals surface area contributed by atoms with E-state index >= 15 is 0 Å². The monoisotopic (exact) mass is 244 g/mol. The van der Waals surface area contributed by atoms with Crippen molar-refractivity contribution in [1.82, 2.24) is 0 Å². The van der Waals surface area contributed by atoms with Crippen LogP contribution in [0.15, 0.2) is 0 Å². The summed E-state index contributed by atoms with van der Waals surface area (Å²) in [6, 6.07) is 0. The topological polar surface area (TPSA) is 61.8 Å². The molecular formula is C12H20O5. The smallest absolute Gasteiger partial charge is 0.335 e. The van der Waals surface area contributed by atoms with E-state index in [1.54, 1.807) is 0 Å². The normalized spacial score (nSPS) is 21.1. The molecular weight excluding hydrogens is 224 g/mol. The summed E-state index contributed by atoms with van der Waals surface area (Å²) in [5.74, 6) is -0.518. The van der Waals surface area contributed by atoms with Gasteiger partial charge in [-0.15, -0.1) is 0 Å². The Morgan fingerprint density at radius 2 is 2.29 bits per heavy atom. The lowest BCUT2D eigenvalue weighted by atomic mass is 10.1. The van der Waals surface area contributed by atoms with Gasteiger partial charge >= 0.3 is 11.9 Å². The second kappa shape index (κ2) is 7.27. The minimum absolute atomic E-state index is 0.0549. The van der Waals surface area contributed by atoms with Crippen molar-refractivity contribution in [3.8, 4) is 0 Å². The van der Waals surface area contributed by atoms with Crippen LogP contribution in [0.25, 0.3) is 0 Å². The van der Waals surface area contributed by atoms with Crippen LogP contribution in [0.2, 0.25) is 0 Å². The van der Waals surface area contributed by atoms with E-state index in [-0.39, 0.29) is 17.9 Å². The maximum Gasteiger partial charge on any atom is 0.335 e. The fourth-order valence-electron chi connectivity index (χ4n) is 1.39. The van der Waals surface area contributed by atoms with Gasteiger partial charge in [0.15, 0.2) is 6.10 Å². The van der Waals surface area contributed by atoms with Crippen molar-refractivity contribution in [1.29, 1.82) is 0 Å². The number of carbonyl (C=O) groups excluding carboxylic acids is 2. The van der Waals surface area contributed by atoms with Crippen molar-refractivity contribution < 1.29 is 23.8 Å². The molecule has 0 aromatic carbocycles. The summed E-state index contributed by atoms with van der Waals surface area (Å²) >= 11 is 0. The fourth-order valence-corrected chi connectivity index (χ4v) is 1.39. The number of ether oxygens (including phenoxy) is 3. The second-order valence-electron chi connectivity index (χ2n) is 4.15. The van der Waals surface area contributed by atoms with Gasteiger partial charge in [0.1, 0.15) is 0 Å². The highest BCUT2D eigenvalue weighted by molar-refractivity contribution is 5.76. The number of carbonyl (C=O) groups is 2. The van der Waals surface area contributed by atoms with Crippen molar-refractivity contribution in [2.24, 2.45) is 5.92 Å². The molecule has 2 atom stereocenters. The van der Waals surface area contributed by atoms with Gasteiger partial charge in [0, 0.05) is 12.8 Å². The molecule has 0 aromatic heterocycles. The molecule has 1 aliphatic heterocycles. The summed E-state index contributed by atoms with van der Waals surface area (Å²) < 4.78 is 15.1. The molecule has 0 saturated carbocycles. The number of cyclic esters (lactones) is 1. The summed E-state index contributed by atoms with van der Waals surface area (Å²) in [7, 11) is 0. The first kappa shape index (κ1) is 14.0. The van der Waals surface area contributed by atoms with Crippen molar-refractivity contribution in [3.05, 3.63) is 0 Å². The third-order valence-electron chi connectivity index (χ3n) is 2.75. The van der Waals surface area contributed by atoms with Crippen LogP contribution in [0.1, 0.15) is 33.1 Å². The first-order valence-corrected chi connectivity index (χ1v) is 6.10. The quantitative estimate of drug-likeness (QED) is 0.499. The van der Waals surface area contributed by atoms with Crippen LogP contribution in [0, 0.1) is 5.92 Å². The molecule has 0 aromatic rings. The minimum atomic E-state index is -0.430. The summed E-state index contributed by atoms with van der Waals surface area (Å²) in [5, 5.41) is 0. The third-order valence-corrected chi connectivity index (χ3v) is 2.75. The standard InChI is InChI=1S/C12H20O5/c1-3-9(2)11(13)16-7-4-6-15-10-5-8-17-12(10)14/h9-10H,3-8H2,1-2H3. The molecule has 5 heteroatoms. The molecule has 0 aliphatic carbocycles. The van der Waals surface area contributed by atoms with Crippen LogP contribution in [0.4, 0.5) is 0 Å².